The van der Waals surface area contributed by atoms with Crippen LogP contribution in [-0.4, -0.2) is 15.7 Å². The van der Waals surface area contributed by atoms with Crippen LogP contribution in [0.25, 0.3) is 5.69 Å². The van der Waals surface area contributed by atoms with Gasteiger partial charge in [0, 0.05) is 8.95 Å². The highest BCUT2D eigenvalue weighted by atomic mass is 79.9. The van der Waals surface area contributed by atoms with Crippen molar-refractivity contribution in [2.75, 3.05) is 0 Å². The molecule has 0 radical (unpaired) electrons. The molecule has 0 spiro atoms. The molecule has 0 fully saturated rings. The minimum absolute atomic E-state index is 0.357. The average molecular weight is 359 g/mol. The van der Waals surface area contributed by atoms with Gasteiger partial charge in [0.05, 0.1) is 11.4 Å². The molecule has 0 saturated carbocycles. The number of carbonyl (C=O) groups excluding carboxylic acids is 1. The van der Waals surface area contributed by atoms with Gasteiger partial charge in [0.15, 0.2) is 0 Å². The summed E-state index contributed by atoms with van der Waals surface area (Å²) in [5.41, 5.74) is 7.19. The van der Waals surface area contributed by atoms with Crippen LogP contribution < -0.4 is 5.73 Å². The lowest BCUT2D eigenvalue weighted by Gasteiger charge is -2.09. The van der Waals surface area contributed by atoms with Gasteiger partial charge >= 0.3 is 0 Å². The number of hydrogen-bond donors (Lipinski definition) is 1. The third-order valence-corrected chi connectivity index (χ3v) is 3.51. The van der Waals surface area contributed by atoms with Gasteiger partial charge in [-0.15, -0.1) is 0 Å². The van der Waals surface area contributed by atoms with Crippen molar-refractivity contribution in [1.82, 2.24) is 9.78 Å². The minimum Gasteiger partial charge on any atom is -0.364 e. The number of nitrogens with two attached hydrogens (primary N) is 1. The van der Waals surface area contributed by atoms with E-state index in [0.29, 0.717) is 5.69 Å². The van der Waals surface area contributed by atoms with E-state index in [0.717, 1.165) is 20.3 Å². The molecular weight excluding hydrogens is 350 g/mol. The Bertz CT molecular complexity index is 572. The SMILES string of the molecule is Cc1cc(C(N)=O)n(-c2c(Br)cccc2Br)n1. The Morgan fingerprint density at radius 2 is 1.94 bits per heavy atom. The number of nitrogens with zero attached hydrogens (tertiary/aromatic N) is 2. The van der Waals surface area contributed by atoms with Crippen molar-refractivity contribution in [3.05, 3.63) is 44.6 Å². The van der Waals surface area contributed by atoms with E-state index in [4.69, 9.17) is 5.73 Å². The molecule has 1 amide bonds. The van der Waals surface area contributed by atoms with E-state index < -0.39 is 5.91 Å². The molecule has 17 heavy (non-hydrogen) atoms. The zero-order chi connectivity index (χ0) is 12.6. The molecule has 0 saturated heterocycles. The molecule has 2 aromatic rings. The van der Waals surface area contributed by atoms with E-state index >= 15 is 0 Å². The standard InChI is InChI=1S/C11H9Br2N3O/c1-6-5-9(11(14)17)16(15-6)10-7(12)3-2-4-8(10)13/h2-5H,1H3,(H2,14,17). The van der Waals surface area contributed by atoms with Gasteiger partial charge in [0.2, 0.25) is 0 Å². The smallest absolute Gasteiger partial charge is 0.267 e. The first-order valence-corrected chi connectivity index (χ1v) is 6.40. The summed E-state index contributed by atoms with van der Waals surface area (Å²) in [6.07, 6.45) is 0. The Labute approximate surface area is 115 Å². The molecule has 1 heterocycles. The molecule has 4 nitrogen and oxygen atoms in total. The van der Waals surface area contributed by atoms with Crippen molar-refractivity contribution in [1.29, 1.82) is 0 Å². The van der Waals surface area contributed by atoms with Gasteiger partial charge in [-0.25, -0.2) is 4.68 Å². The topological polar surface area (TPSA) is 60.9 Å². The Morgan fingerprint density at radius 1 is 1.35 bits per heavy atom. The van der Waals surface area contributed by atoms with Crippen molar-refractivity contribution in [3.63, 3.8) is 0 Å². The Kier molecular flexibility index (Phi) is 3.35. The largest absolute Gasteiger partial charge is 0.364 e. The maximum Gasteiger partial charge on any atom is 0.267 e. The van der Waals surface area contributed by atoms with Crippen LogP contribution in [0.4, 0.5) is 0 Å². The van der Waals surface area contributed by atoms with Gasteiger partial charge in [-0.3, -0.25) is 4.79 Å². The zero-order valence-corrected chi connectivity index (χ0v) is 12.1. The normalized spacial score (nSPS) is 10.5. The fourth-order valence-corrected chi connectivity index (χ4v) is 2.87. The van der Waals surface area contributed by atoms with Crippen molar-refractivity contribution in [3.8, 4) is 5.69 Å². The predicted molar refractivity (Wildman–Crippen MR) is 72.2 cm³/mol. The molecule has 0 aliphatic rings. The highest BCUT2D eigenvalue weighted by molar-refractivity contribution is 9.11. The molecule has 1 aromatic heterocycles. The summed E-state index contributed by atoms with van der Waals surface area (Å²) in [5.74, 6) is -0.506. The Hall–Kier alpha value is -1.14. The average Bonchev–Trinajstić information content (AvgIpc) is 2.60. The van der Waals surface area contributed by atoms with Crippen LogP contribution in [0, 0.1) is 6.92 Å². The number of carbonyl (C=O) groups is 1. The second-order valence-corrected chi connectivity index (χ2v) is 5.23. The first-order chi connectivity index (χ1) is 8.00. The molecule has 0 bridgehead atoms. The second kappa shape index (κ2) is 4.62. The minimum atomic E-state index is -0.506. The molecule has 2 N–H and O–H groups in total. The van der Waals surface area contributed by atoms with Crippen LogP contribution in [-0.2, 0) is 0 Å². The van der Waals surface area contributed by atoms with Crippen LogP contribution >= 0.6 is 31.9 Å². The number of aryl methyl sites for hydroxylation is 1. The van der Waals surface area contributed by atoms with Gasteiger partial charge in [-0.1, -0.05) is 6.07 Å². The fourth-order valence-electron chi connectivity index (χ4n) is 1.54. The van der Waals surface area contributed by atoms with Gasteiger partial charge in [-0.05, 0) is 57.0 Å². The van der Waals surface area contributed by atoms with E-state index in [-0.39, 0.29) is 0 Å². The molecule has 2 rings (SSSR count). The van der Waals surface area contributed by atoms with Crippen LogP contribution in [0.1, 0.15) is 16.2 Å². The number of rotatable bonds is 2. The van der Waals surface area contributed by atoms with Gasteiger partial charge in [0.25, 0.3) is 5.91 Å². The van der Waals surface area contributed by atoms with Crippen molar-refractivity contribution in [2.24, 2.45) is 5.73 Å². The van der Waals surface area contributed by atoms with Crippen LogP contribution in [0.15, 0.2) is 33.2 Å². The lowest BCUT2D eigenvalue weighted by Crippen LogP contribution is -2.17. The van der Waals surface area contributed by atoms with E-state index in [1.807, 2.05) is 25.1 Å². The summed E-state index contributed by atoms with van der Waals surface area (Å²) in [4.78, 5) is 11.4. The third-order valence-electron chi connectivity index (χ3n) is 2.23. The van der Waals surface area contributed by atoms with Crippen molar-refractivity contribution >= 4 is 37.8 Å². The third kappa shape index (κ3) is 2.28. The van der Waals surface area contributed by atoms with Crippen LogP contribution in [0.2, 0.25) is 0 Å². The molecule has 6 heteroatoms. The molecule has 0 aliphatic heterocycles. The number of primary amides is 1. The quantitative estimate of drug-likeness (QED) is 0.897. The molecule has 88 valence electrons. The summed E-state index contributed by atoms with van der Waals surface area (Å²) in [6, 6.07) is 7.30. The van der Waals surface area contributed by atoms with E-state index in [1.54, 1.807) is 6.07 Å². The van der Waals surface area contributed by atoms with E-state index in [9.17, 15) is 4.79 Å². The Balaban J connectivity index is 2.72. The monoisotopic (exact) mass is 357 g/mol. The highest BCUT2D eigenvalue weighted by Crippen LogP contribution is 2.29. The van der Waals surface area contributed by atoms with E-state index in [1.165, 1.54) is 4.68 Å². The Morgan fingerprint density at radius 3 is 2.47 bits per heavy atom. The maximum absolute atomic E-state index is 11.4. The zero-order valence-electron chi connectivity index (χ0n) is 8.95. The van der Waals surface area contributed by atoms with Gasteiger partial charge in [-0.2, -0.15) is 5.10 Å². The molecular formula is C11H9Br2N3O. The lowest BCUT2D eigenvalue weighted by molar-refractivity contribution is 0.0993. The van der Waals surface area contributed by atoms with Crippen LogP contribution in [0.5, 0.6) is 0 Å². The predicted octanol–water partition coefficient (Wildman–Crippen LogP) is 2.80. The number of para-hydroxylation sites is 1. The van der Waals surface area contributed by atoms with Crippen LogP contribution in [0.3, 0.4) is 0 Å². The van der Waals surface area contributed by atoms with Gasteiger partial charge < -0.3 is 5.73 Å². The van der Waals surface area contributed by atoms with E-state index in [2.05, 4.69) is 37.0 Å². The lowest BCUT2D eigenvalue weighted by atomic mass is 10.3. The number of benzene rings is 1. The van der Waals surface area contributed by atoms with Gasteiger partial charge in [0.1, 0.15) is 5.69 Å². The second-order valence-electron chi connectivity index (χ2n) is 3.52. The highest BCUT2D eigenvalue weighted by Gasteiger charge is 2.16. The molecule has 0 atom stereocenters. The first-order valence-electron chi connectivity index (χ1n) is 4.81. The summed E-state index contributed by atoms with van der Waals surface area (Å²) in [7, 11) is 0. The number of halogens is 2. The maximum atomic E-state index is 11.4. The first kappa shape index (κ1) is 12.3. The fraction of sp³-hybridized carbons (Fsp3) is 0.0909. The summed E-state index contributed by atoms with van der Waals surface area (Å²) >= 11 is 6.87. The summed E-state index contributed by atoms with van der Waals surface area (Å²) < 4.78 is 3.20. The number of amides is 1. The number of hydrogen-bond acceptors (Lipinski definition) is 2. The van der Waals surface area contributed by atoms with Crippen molar-refractivity contribution in [2.45, 2.75) is 6.92 Å². The summed E-state index contributed by atoms with van der Waals surface area (Å²) in [6.45, 7) is 1.81. The molecule has 0 aliphatic carbocycles. The molecule has 1 aromatic carbocycles. The number of aromatic nitrogens is 2. The molecule has 0 unspecified atom stereocenters. The van der Waals surface area contributed by atoms with Crippen molar-refractivity contribution < 1.29 is 4.79 Å². The summed E-state index contributed by atoms with van der Waals surface area (Å²) in [5, 5.41) is 4.28.